The van der Waals surface area contributed by atoms with Crippen LogP contribution in [-0.4, -0.2) is 45.8 Å². The van der Waals surface area contributed by atoms with Gasteiger partial charge in [-0.2, -0.15) is 0 Å². The maximum atomic E-state index is 13.2. The van der Waals surface area contributed by atoms with E-state index in [0.29, 0.717) is 17.2 Å². The normalized spacial score (nSPS) is 14.0. The van der Waals surface area contributed by atoms with Crippen LogP contribution in [0.5, 0.6) is 17.2 Å². The molecule has 9 heteroatoms. The largest absolute Gasteiger partial charge is 0.497 e. The third-order valence-corrected chi connectivity index (χ3v) is 6.25. The van der Waals surface area contributed by atoms with Crippen LogP contribution in [0.3, 0.4) is 0 Å². The summed E-state index contributed by atoms with van der Waals surface area (Å²) >= 11 is 0. The van der Waals surface area contributed by atoms with E-state index in [2.05, 4.69) is 5.09 Å². The molecule has 0 radical (unpaired) electrons. The average Bonchev–Trinajstić information content (AvgIpc) is 2.77. The predicted octanol–water partition coefficient (Wildman–Crippen LogP) is 4.98. The van der Waals surface area contributed by atoms with Gasteiger partial charge in [0.15, 0.2) is 0 Å². The van der Waals surface area contributed by atoms with Crippen LogP contribution in [-0.2, 0) is 18.8 Å². The number of carbonyl (C=O) groups excluding carboxylic acids is 1. The van der Waals surface area contributed by atoms with Crippen molar-refractivity contribution in [1.29, 1.82) is 0 Å². The van der Waals surface area contributed by atoms with Gasteiger partial charge in [-0.1, -0.05) is 24.3 Å². The number of methoxy groups -OCH3 is 3. The van der Waals surface area contributed by atoms with E-state index in [1.807, 2.05) is 36.4 Å². The summed E-state index contributed by atoms with van der Waals surface area (Å²) in [5.41, 5.74) is 1.83. The van der Waals surface area contributed by atoms with E-state index >= 15 is 0 Å². The lowest BCUT2D eigenvalue weighted by atomic mass is 10.1. The maximum absolute atomic E-state index is 13.2. The summed E-state index contributed by atoms with van der Waals surface area (Å²) in [5, 5.41) is 2.73. The van der Waals surface area contributed by atoms with Crippen molar-refractivity contribution in [3.05, 3.63) is 53.6 Å². The quantitative estimate of drug-likeness (QED) is 0.260. The summed E-state index contributed by atoms with van der Waals surface area (Å²) in [6.45, 7) is 5.06. The minimum absolute atomic E-state index is 0.203. The highest BCUT2D eigenvalue weighted by Crippen LogP contribution is 2.43. The highest BCUT2D eigenvalue weighted by Gasteiger charge is 2.30. The van der Waals surface area contributed by atoms with Gasteiger partial charge in [0.25, 0.3) is 0 Å². The zero-order chi connectivity index (χ0) is 24.4. The van der Waals surface area contributed by atoms with E-state index in [1.54, 1.807) is 53.2 Å². The molecule has 0 aliphatic rings. The molecule has 2 aromatic carbocycles. The number of hydrogen-bond donors (Lipinski definition) is 1. The van der Waals surface area contributed by atoms with E-state index < -0.39 is 19.5 Å². The molecule has 2 atom stereocenters. The van der Waals surface area contributed by atoms with Crippen LogP contribution in [0.1, 0.15) is 31.9 Å². The Balaban J connectivity index is 2.10. The van der Waals surface area contributed by atoms with Crippen LogP contribution in [0.15, 0.2) is 42.5 Å². The number of ether oxygens (including phenoxy) is 4. The molecule has 1 N–H and O–H groups in total. The summed E-state index contributed by atoms with van der Waals surface area (Å²) in [6, 6.07) is 11.8. The topological polar surface area (TPSA) is 92.3 Å². The van der Waals surface area contributed by atoms with E-state index in [-0.39, 0.29) is 12.5 Å². The summed E-state index contributed by atoms with van der Waals surface area (Å²) in [4.78, 5) is 12.1. The lowest BCUT2D eigenvalue weighted by Crippen LogP contribution is -2.36. The Morgan fingerprint density at radius 1 is 0.909 bits per heavy atom. The number of carbonyl (C=O) groups is 1. The molecule has 8 nitrogen and oxygen atoms in total. The Bertz CT molecular complexity index is 967. The van der Waals surface area contributed by atoms with Crippen molar-refractivity contribution < 1.29 is 32.8 Å². The van der Waals surface area contributed by atoms with Crippen molar-refractivity contribution in [3.63, 3.8) is 0 Å². The summed E-state index contributed by atoms with van der Waals surface area (Å²) in [6.07, 6.45) is 3.38. The fraction of sp³-hybridized carbons (Fsp3) is 0.375. The van der Waals surface area contributed by atoms with Crippen molar-refractivity contribution in [2.45, 2.75) is 32.9 Å². The first-order valence-electron chi connectivity index (χ1n) is 10.4. The average molecular weight is 477 g/mol. The van der Waals surface area contributed by atoms with Crippen LogP contribution in [0.25, 0.3) is 12.2 Å². The smallest absolute Gasteiger partial charge is 0.342 e. The first kappa shape index (κ1) is 26.5. The Kier molecular flexibility index (Phi) is 9.97. The number of esters is 1. The molecule has 1 unspecified atom stereocenters. The van der Waals surface area contributed by atoms with Crippen LogP contribution in [0.4, 0.5) is 0 Å². The van der Waals surface area contributed by atoms with Gasteiger partial charge in [-0.05, 0) is 56.2 Å². The second kappa shape index (κ2) is 12.4. The zero-order valence-corrected chi connectivity index (χ0v) is 20.8. The molecule has 2 aromatic rings. The first-order chi connectivity index (χ1) is 15.7. The van der Waals surface area contributed by atoms with Crippen LogP contribution in [0.2, 0.25) is 0 Å². The molecule has 2 rings (SSSR count). The van der Waals surface area contributed by atoms with Gasteiger partial charge in [-0.3, -0.25) is 9.36 Å². The minimum atomic E-state index is -3.51. The Morgan fingerprint density at radius 3 is 2.00 bits per heavy atom. The highest BCUT2D eigenvalue weighted by molar-refractivity contribution is 7.57. The minimum Gasteiger partial charge on any atom is -0.497 e. The van der Waals surface area contributed by atoms with Crippen molar-refractivity contribution in [1.82, 2.24) is 5.09 Å². The highest BCUT2D eigenvalue weighted by atomic mass is 31.2. The third-order valence-electron chi connectivity index (χ3n) is 4.37. The molecule has 0 heterocycles. The van der Waals surface area contributed by atoms with Gasteiger partial charge >= 0.3 is 13.5 Å². The lowest BCUT2D eigenvalue weighted by molar-refractivity contribution is -0.149. The molecule has 0 aliphatic carbocycles. The Labute approximate surface area is 195 Å². The molecule has 0 amide bonds. The van der Waals surface area contributed by atoms with Gasteiger partial charge in [0.1, 0.15) is 29.6 Å². The van der Waals surface area contributed by atoms with Gasteiger partial charge in [0, 0.05) is 13.2 Å². The molecule has 0 spiro atoms. The van der Waals surface area contributed by atoms with Crippen molar-refractivity contribution >= 4 is 25.6 Å². The molecule has 0 fully saturated rings. The van der Waals surface area contributed by atoms with E-state index in [1.165, 1.54) is 7.11 Å². The predicted molar refractivity (Wildman–Crippen MR) is 129 cm³/mol. The molecular weight excluding hydrogens is 445 g/mol. The second-order valence-corrected chi connectivity index (χ2v) is 9.61. The Hall–Kier alpha value is -2.80. The standard InChI is InChI=1S/C24H32NO7P/c1-17(2)31-24(26)18(3)25-33(27,16-28-4)32-21-11-9-19(10-12-21)7-8-20-13-22(29-5)15-23(14-20)30-6/h7-15,17-18H,16H2,1-6H3,(H,25,27)/b8-7+/t18-,33?/m0/s1. The van der Waals surface area contributed by atoms with Gasteiger partial charge in [-0.25, -0.2) is 5.09 Å². The van der Waals surface area contributed by atoms with E-state index in [4.69, 9.17) is 23.5 Å². The van der Waals surface area contributed by atoms with E-state index in [9.17, 15) is 9.36 Å². The molecule has 180 valence electrons. The second-order valence-electron chi connectivity index (χ2n) is 7.57. The monoisotopic (exact) mass is 477 g/mol. The van der Waals surface area contributed by atoms with Gasteiger partial charge in [0.05, 0.1) is 20.3 Å². The van der Waals surface area contributed by atoms with Crippen LogP contribution >= 0.6 is 7.52 Å². The SMILES string of the molecule is COCP(=O)(N[C@@H](C)C(=O)OC(C)C)Oc1ccc(/C=C/c2cc(OC)cc(OC)c2)cc1. The molecule has 0 saturated heterocycles. The molecule has 0 aliphatic heterocycles. The molecule has 0 aromatic heterocycles. The lowest BCUT2D eigenvalue weighted by Gasteiger charge is -2.23. The summed E-state index contributed by atoms with van der Waals surface area (Å²) in [5.74, 6) is 1.27. The van der Waals surface area contributed by atoms with Crippen molar-refractivity contribution in [3.8, 4) is 17.2 Å². The summed E-state index contributed by atoms with van der Waals surface area (Å²) < 4.78 is 39.7. The fourth-order valence-electron chi connectivity index (χ4n) is 2.87. The molecule has 33 heavy (non-hydrogen) atoms. The van der Waals surface area contributed by atoms with Crippen LogP contribution < -0.4 is 19.1 Å². The van der Waals surface area contributed by atoms with Gasteiger partial charge in [0.2, 0.25) is 0 Å². The number of nitrogens with one attached hydrogen (secondary N) is 1. The van der Waals surface area contributed by atoms with Gasteiger partial charge in [-0.15, -0.1) is 0 Å². The van der Waals surface area contributed by atoms with Gasteiger partial charge < -0.3 is 23.5 Å². The molecule has 0 bridgehead atoms. The number of hydrogen-bond acceptors (Lipinski definition) is 7. The van der Waals surface area contributed by atoms with Crippen molar-refractivity contribution in [2.75, 3.05) is 27.7 Å². The Morgan fingerprint density at radius 2 is 1.48 bits per heavy atom. The molecule has 0 saturated carbocycles. The maximum Gasteiger partial charge on any atom is 0.342 e. The fourth-order valence-corrected chi connectivity index (χ4v) is 4.55. The van der Waals surface area contributed by atoms with Crippen LogP contribution in [0, 0.1) is 0 Å². The number of rotatable bonds is 12. The zero-order valence-electron chi connectivity index (χ0n) is 19.9. The third kappa shape index (κ3) is 8.57. The van der Waals surface area contributed by atoms with E-state index in [0.717, 1.165) is 11.1 Å². The molecular formula is C24H32NO7P. The first-order valence-corrected chi connectivity index (χ1v) is 12.3. The van der Waals surface area contributed by atoms with Crippen molar-refractivity contribution in [2.24, 2.45) is 0 Å². The summed E-state index contributed by atoms with van der Waals surface area (Å²) in [7, 11) is 1.11. The number of benzene rings is 2.